The Morgan fingerprint density at radius 2 is 1.58 bits per heavy atom. The van der Waals surface area contributed by atoms with Crippen LogP contribution in [0.2, 0.25) is 0 Å². The number of ether oxygens (including phenoxy) is 2. The minimum absolute atomic E-state index is 0.0321. The third-order valence-electron chi connectivity index (χ3n) is 5.76. The second-order valence-electron chi connectivity index (χ2n) is 7.82. The molecule has 2 saturated heterocycles. The molecular weight excluding hydrogens is 446 g/mol. The van der Waals surface area contributed by atoms with Crippen LogP contribution in [0.5, 0.6) is 0 Å². The predicted molar refractivity (Wildman–Crippen MR) is 122 cm³/mol. The standard InChI is InChI=1S/C23H27N3O6S/c27-22(25-13-15-31-16-14-25)18-32-23(28)19-5-4-8-21(17-19)33(29,30)26-11-9-24(10-12-26)20-6-2-1-3-7-20/h1-8,17H,9-16,18H2. The average molecular weight is 474 g/mol. The highest BCUT2D eigenvalue weighted by molar-refractivity contribution is 7.89. The zero-order valence-electron chi connectivity index (χ0n) is 18.3. The lowest BCUT2D eigenvalue weighted by Gasteiger charge is -2.35. The minimum Gasteiger partial charge on any atom is -0.452 e. The second kappa shape index (κ2) is 10.3. The molecule has 176 valence electrons. The fraction of sp³-hybridized carbons (Fsp3) is 0.391. The molecular formula is C23H27N3O6S. The molecule has 2 fully saturated rings. The van der Waals surface area contributed by atoms with E-state index in [1.807, 2.05) is 30.3 Å². The predicted octanol–water partition coefficient (Wildman–Crippen LogP) is 1.21. The summed E-state index contributed by atoms with van der Waals surface area (Å²) in [5.74, 6) is -1.03. The molecule has 0 bridgehead atoms. The maximum absolute atomic E-state index is 13.2. The largest absolute Gasteiger partial charge is 0.452 e. The Labute approximate surface area is 193 Å². The molecule has 1 amide bonds. The monoisotopic (exact) mass is 473 g/mol. The Morgan fingerprint density at radius 1 is 0.879 bits per heavy atom. The summed E-state index contributed by atoms with van der Waals surface area (Å²) in [6, 6.07) is 15.6. The molecule has 0 atom stereocenters. The van der Waals surface area contributed by atoms with Crippen molar-refractivity contribution in [2.75, 3.05) is 64.0 Å². The number of sulfonamides is 1. The molecule has 2 aromatic carbocycles. The summed E-state index contributed by atoms with van der Waals surface area (Å²) in [7, 11) is -3.76. The maximum Gasteiger partial charge on any atom is 0.338 e. The van der Waals surface area contributed by atoms with Gasteiger partial charge in [0, 0.05) is 45.0 Å². The number of para-hydroxylation sites is 1. The van der Waals surface area contributed by atoms with Crippen molar-refractivity contribution in [2.45, 2.75) is 4.90 Å². The zero-order valence-corrected chi connectivity index (χ0v) is 19.1. The summed E-state index contributed by atoms with van der Waals surface area (Å²) in [5.41, 5.74) is 1.15. The van der Waals surface area contributed by atoms with E-state index >= 15 is 0 Å². The van der Waals surface area contributed by atoms with Gasteiger partial charge in [-0.25, -0.2) is 13.2 Å². The molecule has 9 nitrogen and oxygen atoms in total. The number of benzene rings is 2. The van der Waals surface area contributed by atoms with Crippen molar-refractivity contribution in [1.82, 2.24) is 9.21 Å². The summed E-state index contributed by atoms with van der Waals surface area (Å²) in [6.07, 6.45) is 0. The first-order valence-corrected chi connectivity index (χ1v) is 12.3. The van der Waals surface area contributed by atoms with E-state index in [9.17, 15) is 18.0 Å². The third kappa shape index (κ3) is 5.52. The van der Waals surface area contributed by atoms with Gasteiger partial charge < -0.3 is 19.3 Å². The number of esters is 1. The van der Waals surface area contributed by atoms with Gasteiger partial charge in [-0.15, -0.1) is 0 Å². The number of amides is 1. The quantitative estimate of drug-likeness (QED) is 0.582. The van der Waals surface area contributed by atoms with Crippen molar-refractivity contribution in [3.63, 3.8) is 0 Å². The number of hydrogen-bond donors (Lipinski definition) is 0. The molecule has 2 aliphatic heterocycles. The lowest BCUT2D eigenvalue weighted by Crippen LogP contribution is -2.48. The molecule has 0 N–H and O–H groups in total. The van der Waals surface area contributed by atoms with Crippen molar-refractivity contribution >= 4 is 27.6 Å². The highest BCUT2D eigenvalue weighted by atomic mass is 32.2. The molecule has 2 aliphatic rings. The van der Waals surface area contributed by atoms with E-state index in [4.69, 9.17) is 9.47 Å². The van der Waals surface area contributed by atoms with Crippen LogP contribution in [-0.4, -0.2) is 88.6 Å². The first kappa shape index (κ1) is 23.2. The molecule has 0 spiro atoms. The summed E-state index contributed by atoms with van der Waals surface area (Å²) >= 11 is 0. The Kier molecular flexibility index (Phi) is 7.26. The van der Waals surface area contributed by atoms with Crippen molar-refractivity contribution in [1.29, 1.82) is 0 Å². The number of morpholine rings is 1. The van der Waals surface area contributed by atoms with Crippen LogP contribution in [0.4, 0.5) is 5.69 Å². The zero-order chi connectivity index (χ0) is 23.3. The smallest absolute Gasteiger partial charge is 0.338 e. The summed E-state index contributed by atoms with van der Waals surface area (Å²) < 4.78 is 38.1. The van der Waals surface area contributed by atoms with Crippen LogP contribution >= 0.6 is 0 Å². The Morgan fingerprint density at radius 3 is 2.27 bits per heavy atom. The fourth-order valence-corrected chi connectivity index (χ4v) is 5.34. The van der Waals surface area contributed by atoms with Crippen LogP contribution in [0.3, 0.4) is 0 Å². The molecule has 0 aliphatic carbocycles. The fourth-order valence-electron chi connectivity index (χ4n) is 3.87. The van der Waals surface area contributed by atoms with Gasteiger partial charge in [0.05, 0.1) is 23.7 Å². The average Bonchev–Trinajstić information content (AvgIpc) is 2.88. The van der Waals surface area contributed by atoms with Gasteiger partial charge >= 0.3 is 5.97 Å². The van der Waals surface area contributed by atoms with Crippen LogP contribution in [0, 0.1) is 0 Å². The second-order valence-corrected chi connectivity index (χ2v) is 9.76. The van der Waals surface area contributed by atoms with Crippen molar-refractivity contribution < 1.29 is 27.5 Å². The van der Waals surface area contributed by atoms with Gasteiger partial charge in [0.2, 0.25) is 10.0 Å². The lowest BCUT2D eigenvalue weighted by atomic mass is 10.2. The maximum atomic E-state index is 13.2. The van der Waals surface area contributed by atoms with Crippen LogP contribution in [0.1, 0.15) is 10.4 Å². The number of piperazine rings is 1. The van der Waals surface area contributed by atoms with Crippen LogP contribution in [-0.2, 0) is 24.3 Å². The van der Waals surface area contributed by atoms with Gasteiger partial charge in [-0.3, -0.25) is 4.79 Å². The molecule has 0 saturated carbocycles. The topological polar surface area (TPSA) is 96.5 Å². The van der Waals surface area contributed by atoms with E-state index < -0.39 is 22.6 Å². The highest BCUT2D eigenvalue weighted by Gasteiger charge is 2.29. The Balaban J connectivity index is 1.37. The molecule has 4 rings (SSSR count). The van der Waals surface area contributed by atoms with Crippen LogP contribution < -0.4 is 4.90 Å². The Bertz CT molecular complexity index is 1080. The van der Waals surface area contributed by atoms with Gasteiger partial charge in [0.1, 0.15) is 0 Å². The number of anilines is 1. The number of nitrogens with zero attached hydrogens (tertiary/aromatic N) is 3. The van der Waals surface area contributed by atoms with E-state index in [0.717, 1.165) is 5.69 Å². The first-order chi connectivity index (χ1) is 15.9. The number of hydrogen-bond acceptors (Lipinski definition) is 7. The molecule has 0 aromatic heterocycles. The first-order valence-electron chi connectivity index (χ1n) is 10.9. The van der Waals surface area contributed by atoms with Crippen molar-refractivity contribution in [3.8, 4) is 0 Å². The van der Waals surface area contributed by atoms with E-state index in [2.05, 4.69) is 4.90 Å². The van der Waals surface area contributed by atoms with E-state index in [0.29, 0.717) is 52.5 Å². The van der Waals surface area contributed by atoms with Crippen molar-refractivity contribution in [3.05, 3.63) is 60.2 Å². The SMILES string of the molecule is O=C(OCC(=O)N1CCOCC1)c1cccc(S(=O)(=O)N2CCN(c3ccccc3)CC2)c1. The van der Waals surface area contributed by atoms with Gasteiger partial charge in [-0.2, -0.15) is 4.31 Å². The van der Waals surface area contributed by atoms with Gasteiger partial charge in [-0.05, 0) is 30.3 Å². The van der Waals surface area contributed by atoms with E-state index in [-0.39, 0.29) is 16.4 Å². The summed E-state index contributed by atoms with van der Waals surface area (Å²) in [5, 5.41) is 0. The van der Waals surface area contributed by atoms with Crippen molar-refractivity contribution in [2.24, 2.45) is 0 Å². The number of rotatable bonds is 6. The molecule has 2 aromatic rings. The summed E-state index contributed by atoms with van der Waals surface area (Å²) in [6.45, 7) is 3.29. The van der Waals surface area contributed by atoms with Gasteiger partial charge in [0.25, 0.3) is 5.91 Å². The molecule has 2 heterocycles. The van der Waals surface area contributed by atoms with E-state index in [1.165, 1.54) is 28.6 Å². The van der Waals surface area contributed by atoms with E-state index in [1.54, 1.807) is 4.90 Å². The van der Waals surface area contributed by atoms with Crippen LogP contribution in [0.25, 0.3) is 0 Å². The minimum atomic E-state index is -3.76. The normalized spacial score (nSPS) is 17.6. The molecule has 33 heavy (non-hydrogen) atoms. The lowest BCUT2D eigenvalue weighted by molar-refractivity contribution is -0.138. The summed E-state index contributed by atoms with van der Waals surface area (Å²) in [4.78, 5) is 28.4. The molecule has 10 heteroatoms. The highest BCUT2D eigenvalue weighted by Crippen LogP contribution is 2.22. The molecule has 0 unspecified atom stereocenters. The van der Waals surface area contributed by atoms with Gasteiger partial charge in [-0.1, -0.05) is 24.3 Å². The van der Waals surface area contributed by atoms with Crippen LogP contribution in [0.15, 0.2) is 59.5 Å². The number of carbonyl (C=O) groups excluding carboxylic acids is 2. The molecule has 0 radical (unpaired) electrons. The Hall–Kier alpha value is -2.95. The van der Waals surface area contributed by atoms with Gasteiger partial charge in [0.15, 0.2) is 6.61 Å². The third-order valence-corrected chi connectivity index (χ3v) is 7.65. The number of carbonyl (C=O) groups is 2.